The lowest BCUT2D eigenvalue weighted by Gasteiger charge is -2.71. The highest BCUT2D eigenvalue weighted by atomic mass is 16.5. The van der Waals surface area contributed by atoms with Crippen LogP contribution in [0.3, 0.4) is 0 Å². The summed E-state index contributed by atoms with van der Waals surface area (Å²) in [5, 5.41) is 3.50. The number of morpholine rings is 1. The maximum atomic E-state index is 14.4. The van der Waals surface area contributed by atoms with Crippen LogP contribution in [0.15, 0.2) is 11.6 Å². The van der Waals surface area contributed by atoms with Gasteiger partial charge >= 0.3 is 5.97 Å². The van der Waals surface area contributed by atoms with E-state index in [0.717, 1.165) is 90.8 Å². The molecule has 254 valence electrons. The molecule has 10 atom stereocenters. The number of nitrogens with zero attached hydrogens (tertiary/aromatic N) is 1. The van der Waals surface area contributed by atoms with Crippen LogP contribution in [0.1, 0.15) is 120 Å². The fourth-order valence-corrected chi connectivity index (χ4v) is 12.8. The second-order valence-corrected chi connectivity index (χ2v) is 17.8. The number of ether oxygens (including phenoxy) is 2. The number of amides is 1. The summed E-state index contributed by atoms with van der Waals surface area (Å²) in [6, 6.07) is 0. The molecule has 6 nitrogen and oxygen atoms in total. The Kier molecular flexibility index (Phi) is 8.88. The fraction of sp³-hybridized carbons (Fsp3) is 0.897. The molecule has 0 radical (unpaired) electrons. The van der Waals surface area contributed by atoms with Gasteiger partial charge in [-0.15, -0.1) is 0 Å². The van der Waals surface area contributed by atoms with Gasteiger partial charge in [0, 0.05) is 32.0 Å². The molecule has 0 aromatic carbocycles. The van der Waals surface area contributed by atoms with Crippen LogP contribution in [-0.2, 0) is 19.1 Å². The van der Waals surface area contributed by atoms with Crippen molar-refractivity contribution in [3.05, 3.63) is 11.6 Å². The standard InChI is InChI=1S/C39H64N2O4/c1-26-12-17-39(34(43)40-20-9-21-41-22-24-44-25-23-41)19-18-37(7)29(33(39)27(26)2)10-11-31-36(6)15-14-32(45-28(3)42)35(4,5)30(36)13-16-38(31,37)8/h10,26-27,30-33H,9,11-25H2,1-8H3,(H,40,43)/t26-,27+,30?,31?,32+,33?,36+,37-,38-,39+/m1/s1. The van der Waals surface area contributed by atoms with Crippen molar-refractivity contribution in [1.82, 2.24) is 10.2 Å². The van der Waals surface area contributed by atoms with Crippen LogP contribution in [0.25, 0.3) is 0 Å². The molecule has 1 heterocycles. The third kappa shape index (κ3) is 5.16. The van der Waals surface area contributed by atoms with E-state index in [0.29, 0.717) is 35.5 Å². The van der Waals surface area contributed by atoms with Crippen molar-refractivity contribution in [1.29, 1.82) is 0 Å². The molecule has 6 rings (SSSR count). The van der Waals surface area contributed by atoms with Gasteiger partial charge in [0.15, 0.2) is 0 Å². The van der Waals surface area contributed by atoms with Gasteiger partial charge < -0.3 is 14.8 Å². The van der Waals surface area contributed by atoms with E-state index in [2.05, 4.69) is 64.8 Å². The number of hydrogen-bond donors (Lipinski definition) is 1. The van der Waals surface area contributed by atoms with Gasteiger partial charge in [0.2, 0.25) is 5.91 Å². The van der Waals surface area contributed by atoms with Crippen LogP contribution in [0.4, 0.5) is 0 Å². The minimum atomic E-state index is -0.273. The predicted molar refractivity (Wildman–Crippen MR) is 179 cm³/mol. The molecule has 0 bridgehead atoms. The summed E-state index contributed by atoms with van der Waals surface area (Å²) in [5.74, 6) is 2.82. The number of hydrogen-bond acceptors (Lipinski definition) is 5. The second-order valence-electron chi connectivity index (χ2n) is 17.8. The van der Waals surface area contributed by atoms with Crippen molar-refractivity contribution in [2.45, 2.75) is 126 Å². The molecule has 6 aliphatic rings. The largest absolute Gasteiger partial charge is 0.462 e. The first-order chi connectivity index (χ1) is 21.2. The first-order valence-electron chi connectivity index (χ1n) is 18.7. The third-order valence-corrected chi connectivity index (χ3v) is 15.7. The van der Waals surface area contributed by atoms with Crippen LogP contribution in [-0.4, -0.2) is 62.3 Å². The Balaban J connectivity index is 1.26. The lowest BCUT2D eigenvalue weighted by molar-refractivity contribution is -0.212. The molecular weight excluding hydrogens is 560 g/mol. The molecule has 1 N–H and O–H groups in total. The number of nitrogens with one attached hydrogen (secondary N) is 1. The van der Waals surface area contributed by atoms with Crippen molar-refractivity contribution < 1.29 is 19.1 Å². The summed E-state index contributed by atoms with van der Waals surface area (Å²) in [6.45, 7) is 24.5. The Morgan fingerprint density at radius 2 is 1.69 bits per heavy atom. The zero-order valence-corrected chi connectivity index (χ0v) is 29.9. The number of rotatable bonds is 6. The summed E-state index contributed by atoms with van der Waals surface area (Å²) in [6.07, 6.45) is 13.6. The van der Waals surface area contributed by atoms with E-state index in [1.807, 2.05) is 0 Å². The monoisotopic (exact) mass is 624 g/mol. The van der Waals surface area contributed by atoms with Crippen LogP contribution in [0.5, 0.6) is 0 Å². The number of allylic oxidation sites excluding steroid dienone is 2. The first kappa shape index (κ1) is 33.5. The molecular formula is C39H64N2O4. The molecule has 3 unspecified atom stereocenters. The van der Waals surface area contributed by atoms with Gasteiger partial charge in [-0.05, 0) is 117 Å². The molecule has 1 aliphatic heterocycles. The fourth-order valence-electron chi connectivity index (χ4n) is 12.8. The summed E-state index contributed by atoms with van der Waals surface area (Å²) in [7, 11) is 0. The van der Waals surface area contributed by atoms with E-state index in [1.165, 1.54) is 12.8 Å². The summed E-state index contributed by atoms with van der Waals surface area (Å²) in [4.78, 5) is 28.9. The number of carbonyl (C=O) groups is 2. The highest BCUT2D eigenvalue weighted by molar-refractivity contribution is 5.84. The van der Waals surface area contributed by atoms with Gasteiger partial charge in [0.25, 0.3) is 0 Å². The molecule has 5 fully saturated rings. The van der Waals surface area contributed by atoms with E-state index in [1.54, 1.807) is 12.5 Å². The van der Waals surface area contributed by atoms with E-state index in [9.17, 15) is 9.59 Å². The average molecular weight is 625 g/mol. The molecule has 6 heteroatoms. The summed E-state index contributed by atoms with van der Waals surface area (Å²) < 4.78 is 11.5. The number of fused-ring (bicyclic) bond motifs is 7. The first-order valence-corrected chi connectivity index (χ1v) is 18.7. The predicted octanol–water partition coefficient (Wildman–Crippen LogP) is 7.41. The van der Waals surface area contributed by atoms with E-state index in [-0.39, 0.29) is 39.1 Å². The van der Waals surface area contributed by atoms with Gasteiger partial charge in [-0.1, -0.05) is 60.1 Å². The van der Waals surface area contributed by atoms with Crippen molar-refractivity contribution in [2.75, 3.05) is 39.4 Å². The van der Waals surface area contributed by atoms with Crippen LogP contribution < -0.4 is 5.32 Å². The Hall–Kier alpha value is -1.40. The normalized spacial score (nSPS) is 46.0. The molecule has 45 heavy (non-hydrogen) atoms. The molecule has 1 saturated heterocycles. The smallest absolute Gasteiger partial charge is 0.302 e. The van der Waals surface area contributed by atoms with Crippen LogP contribution >= 0.6 is 0 Å². The Bertz CT molecular complexity index is 1180. The Morgan fingerprint density at radius 3 is 2.40 bits per heavy atom. The van der Waals surface area contributed by atoms with E-state index >= 15 is 0 Å². The van der Waals surface area contributed by atoms with E-state index in [4.69, 9.17) is 9.47 Å². The molecule has 0 aromatic heterocycles. The van der Waals surface area contributed by atoms with Crippen molar-refractivity contribution >= 4 is 11.9 Å². The van der Waals surface area contributed by atoms with Crippen LogP contribution in [0, 0.1) is 56.7 Å². The van der Waals surface area contributed by atoms with Crippen LogP contribution in [0.2, 0.25) is 0 Å². The van der Waals surface area contributed by atoms with Gasteiger partial charge in [0.1, 0.15) is 6.10 Å². The lowest BCUT2D eigenvalue weighted by atomic mass is 9.33. The maximum absolute atomic E-state index is 14.4. The van der Waals surface area contributed by atoms with Gasteiger partial charge in [0.05, 0.1) is 18.6 Å². The molecule has 5 aliphatic carbocycles. The topological polar surface area (TPSA) is 67.9 Å². The highest BCUT2D eigenvalue weighted by Gasteiger charge is 2.69. The zero-order valence-electron chi connectivity index (χ0n) is 29.9. The third-order valence-electron chi connectivity index (χ3n) is 15.7. The minimum absolute atomic E-state index is 0.00923. The maximum Gasteiger partial charge on any atom is 0.302 e. The summed E-state index contributed by atoms with van der Waals surface area (Å²) in [5.41, 5.74) is 1.87. The summed E-state index contributed by atoms with van der Waals surface area (Å²) >= 11 is 0. The van der Waals surface area contributed by atoms with Crippen molar-refractivity contribution in [3.63, 3.8) is 0 Å². The van der Waals surface area contributed by atoms with Crippen molar-refractivity contribution in [2.24, 2.45) is 56.7 Å². The van der Waals surface area contributed by atoms with E-state index < -0.39 is 0 Å². The Morgan fingerprint density at radius 1 is 0.956 bits per heavy atom. The highest BCUT2D eigenvalue weighted by Crippen LogP contribution is 2.75. The molecule has 1 amide bonds. The quantitative estimate of drug-likeness (QED) is 0.189. The minimum Gasteiger partial charge on any atom is -0.462 e. The lowest BCUT2D eigenvalue weighted by Crippen LogP contribution is -2.66. The number of carbonyl (C=O) groups excluding carboxylic acids is 2. The zero-order chi connectivity index (χ0) is 32.4. The van der Waals surface area contributed by atoms with Gasteiger partial charge in [-0.2, -0.15) is 0 Å². The second kappa shape index (κ2) is 11.9. The Labute approximate surface area is 274 Å². The molecule has 4 saturated carbocycles. The molecule has 0 spiro atoms. The SMILES string of the molecule is CC(=O)O[C@H]1CC[C@@]2(C)C(CC[C@]3(C)C2CC=C2C4[C@@H](C)[C@H](C)CC[C@]4(C(=O)NCCCN4CCOCC4)CC[C@]23C)C1(C)C. The molecule has 0 aromatic rings. The average Bonchev–Trinajstić information content (AvgIpc) is 2.99. The van der Waals surface area contributed by atoms with Gasteiger partial charge in [-0.3, -0.25) is 14.5 Å². The van der Waals surface area contributed by atoms with Gasteiger partial charge in [-0.25, -0.2) is 0 Å². The number of esters is 1. The van der Waals surface area contributed by atoms with Crippen molar-refractivity contribution in [3.8, 4) is 0 Å².